The zero-order valence-electron chi connectivity index (χ0n) is 23.0. The van der Waals surface area contributed by atoms with E-state index in [0.717, 1.165) is 23.8 Å². The fourth-order valence-corrected chi connectivity index (χ4v) is 5.51. The third kappa shape index (κ3) is 5.30. The van der Waals surface area contributed by atoms with Crippen LogP contribution in [0, 0.1) is 0 Å². The van der Waals surface area contributed by atoms with E-state index >= 15 is 0 Å². The molecule has 212 valence electrons. The molecule has 0 bridgehead atoms. The number of halogens is 1. The summed E-state index contributed by atoms with van der Waals surface area (Å²) >= 11 is 6.62. The number of pyridine rings is 1. The van der Waals surface area contributed by atoms with Crippen molar-refractivity contribution in [3.63, 3.8) is 0 Å². The Balaban J connectivity index is 1.19. The second-order valence-corrected chi connectivity index (χ2v) is 11.6. The monoisotopic (exact) mass is 573 g/mol. The number of nitrogens with two attached hydrogens (primary N) is 1. The molecular weight excluding hydrogens is 542 g/mol. The van der Waals surface area contributed by atoms with E-state index in [4.69, 9.17) is 22.3 Å². The van der Waals surface area contributed by atoms with Gasteiger partial charge in [0, 0.05) is 48.7 Å². The highest BCUT2D eigenvalue weighted by atomic mass is 35.5. The molecule has 41 heavy (non-hydrogen) atoms. The Hall–Kier alpha value is -3.86. The lowest BCUT2D eigenvalue weighted by atomic mass is 9.94. The van der Waals surface area contributed by atoms with Gasteiger partial charge in [0.25, 0.3) is 11.8 Å². The molecule has 1 aliphatic carbocycles. The molecule has 10 nitrogen and oxygen atoms in total. The third-order valence-electron chi connectivity index (χ3n) is 8.03. The van der Waals surface area contributed by atoms with Gasteiger partial charge in [0.05, 0.1) is 34.1 Å². The second-order valence-electron chi connectivity index (χ2n) is 11.2. The maximum absolute atomic E-state index is 13.5. The van der Waals surface area contributed by atoms with Gasteiger partial charge in [0.1, 0.15) is 0 Å². The zero-order valence-corrected chi connectivity index (χ0v) is 23.8. The topological polar surface area (TPSA) is 130 Å². The van der Waals surface area contributed by atoms with E-state index < -0.39 is 5.60 Å². The Morgan fingerprint density at radius 3 is 2.54 bits per heavy atom. The average Bonchev–Trinajstić information content (AvgIpc) is 3.72. The van der Waals surface area contributed by atoms with Gasteiger partial charge in [-0.3, -0.25) is 9.59 Å². The van der Waals surface area contributed by atoms with Crippen molar-refractivity contribution in [2.75, 3.05) is 26.2 Å². The molecule has 0 radical (unpaired) electrons. The van der Waals surface area contributed by atoms with E-state index in [1.807, 2.05) is 37.3 Å². The highest BCUT2D eigenvalue weighted by molar-refractivity contribution is 6.35. The van der Waals surface area contributed by atoms with Crippen LogP contribution in [0.2, 0.25) is 5.02 Å². The molecule has 2 aromatic heterocycles. The minimum absolute atomic E-state index is 0.108. The second kappa shape index (κ2) is 10.5. The SMILES string of the molecule is C[C@@H]1CN(C(=O)c2ccc3c(Cl)cc(-c4ccc(C(C)(O)CN)cc4)nc3c2)CCN1C(=O)c1cn(C2CC2)nn1. The summed E-state index contributed by atoms with van der Waals surface area (Å²) in [6.07, 6.45) is 3.86. The molecule has 3 heterocycles. The molecule has 3 N–H and O–H groups in total. The Bertz CT molecular complexity index is 1630. The van der Waals surface area contributed by atoms with Crippen molar-refractivity contribution in [3.8, 4) is 11.3 Å². The van der Waals surface area contributed by atoms with Crippen LogP contribution in [-0.4, -0.2) is 78.9 Å². The lowest BCUT2D eigenvalue weighted by molar-refractivity contribution is 0.0411. The minimum Gasteiger partial charge on any atom is -0.384 e. The van der Waals surface area contributed by atoms with Gasteiger partial charge in [-0.2, -0.15) is 0 Å². The summed E-state index contributed by atoms with van der Waals surface area (Å²) in [5.41, 5.74) is 8.23. The number of piperazine rings is 1. The highest BCUT2D eigenvalue weighted by Crippen LogP contribution is 2.34. The zero-order chi connectivity index (χ0) is 28.9. The minimum atomic E-state index is -1.12. The number of aromatic nitrogens is 4. The van der Waals surface area contributed by atoms with Crippen LogP contribution in [0.3, 0.4) is 0 Å². The standard InChI is InChI=1S/C30H32ClN7O3/c1-18-15-36(11-12-37(18)29(40)27-16-38(35-34-27)22-8-9-22)28(39)20-5-10-23-24(31)14-25(33-26(23)13-20)19-3-6-21(7-4-19)30(2,41)17-32/h3-7,10,13-14,16,18,22,41H,8-9,11-12,15,17,32H2,1-2H3/t18-,30?/m1/s1. The van der Waals surface area contributed by atoms with Crippen molar-refractivity contribution < 1.29 is 14.7 Å². The molecule has 1 saturated carbocycles. The molecule has 2 fully saturated rings. The lowest BCUT2D eigenvalue weighted by Crippen LogP contribution is -2.55. The molecule has 2 amide bonds. The first-order valence-electron chi connectivity index (χ1n) is 13.8. The van der Waals surface area contributed by atoms with Crippen LogP contribution in [0.5, 0.6) is 0 Å². The van der Waals surface area contributed by atoms with Crippen LogP contribution in [0.4, 0.5) is 0 Å². The molecule has 1 unspecified atom stereocenters. The Morgan fingerprint density at radius 1 is 1.10 bits per heavy atom. The third-order valence-corrected chi connectivity index (χ3v) is 8.35. The van der Waals surface area contributed by atoms with Crippen LogP contribution in [0.1, 0.15) is 59.1 Å². The van der Waals surface area contributed by atoms with Gasteiger partial charge in [0.15, 0.2) is 5.69 Å². The first-order valence-corrected chi connectivity index (χ1v) is 14.2. The Kier molecular flexibility index (Phi) is 7.01. The number of aliphatic hydroxyl groups is 1. The van der Waals surface area contributed by atoms with Crippen molar-refractivity contribution in [1.29, 1.82) is 0 Å². The van der Waals surface area contributed by atoms with Crippen LogP contribution < -0.4 is 5.73 Å². The predicted octanol–water partition coefficient (Wildman–Crippen LogP) is 3.63. The van der Waals surface area contributed by atoms with E-state index in [-0.39, 0.29) is 24.4 Å². The lowest BCUT2D eigenvalue weighted by Gasteiger charge is -2.39. The van der Waals surface area contributed by atoms with Gasteiger partial charge in [-0.25, -0.2) is 9.67 Å². The molecule has 1 aliphatic heterocycles. The molecule has 4 aromatic rings. The number of fused-ring (bicyclic) bond motifs is 1. The van der Waals surface area contributed by atoms with Crippen molar-refractivity contribution >= 4 is 34.3 Å². The number of carbonyl (C=O) groups excluding carboxylic acids is 2. The van der Waals surface area contributed by atoms with Gasteiger partial charge in [0.2, 0.25) is 0 Å². The first kappa shape index (κ1) is 27.3. The van der Waals surface area contributed by atoms with E-state index in [2.05, 4.69) is 10.3 Å². The molecule has 6 rings (SSSR count). The first-order chi connectivity index (χ1) is 19.6. The molecule has 1 saturated heterocycles. The summed E-state index contributed by atoms with van der Waals surface area (Å²) in [7, 11) is 0. The van der Waals surface area contributed by atoms with E-state index in [1.165, 1.54) is 0 Å². The van der Waals surface area contributed by atoms with Gasteiger partial charge >= 0.3 is 0 Å². The molecule has 0 spiro atoms. The van der Waals surface area contributed by atoms with Gasteiger partial charge < -0.3 is 20.6 Å². The summed E-state index contributed by atoms with van der Waals surface area (Å²) in [6, 6.07) is 14.7. The number of benzene rings is 2. The van der Waals surface area contributed by atoms with E-state index in [0.29, 0.717) is 58.7 Å². The van der Waals surface area contributed by atoms with Gasteiger partial charge in [-0.05, 0) is 50.5 Å². The molecule has 2 aliphatic rings. The van der Waals surface area contributed by atoms with Crippen LogP contribution in [-0.2, 0) is 5.60 Å². The maximum atomic E-state index is 13.5. The van der Waals surface area contributed by atoms with E-state index in [1.54, 1.807) is 45.8 Å². The average molecular weight is 574 g/mol. The maximum Gasteiger partial charge on any atom is 0.276 e. The normalized spacial score (nSPS) is 18.9. The quantitative estimate of drug-likeness (QED) is 0.360. The summed E-state index contributed by atoms with van der Waals surface area (Å²) < 4.78 is 1.77. The molecule has 2 atom stereocenters. The number of rotatable bonds is 6. The fourth-order valence-electron chi connectivity index (χ4n) is 5.25. The highest BCUT2D eigenvalue weighted by Gasteiger charge is 2.33. The summed E-state index contributed by atoms with van der Waals surface area (Å²) in [5.74, 6) is -0.282. The predicted molar refractivity (Wildman–Crippen MR) is 156 cm³/mol. The van der Waals surface area contributed by atoms with Crippen molar-refractivity contribution in [1.82, 2.24) is 29.8 Å². The summed E-state index contributed by atoms with van der Waals surface area (Å²) in [6.45, 7) is 4.96. The van der Waals surface area contributed by atoms with Crippen molar-refractivity contribution in [2.24, 2.45) is 5.73 Å². The number of nitrogens with zero attached hydrogens (tertiary/aromatic N) is 6. The van der Waals surface area contributed by atoms with E-state index in [9.17, 15) is 14.7 Å². The Morgan fingerprint density at radius 2 is 1.85 bits per heavy atom. The Labute approximate surface area is 242 Å². The largest absolute Gasteiger partial charge is 0.384 e. The summed E-state index contributed by atoms with van der Waals surface area (Å²) in [5, 5.41) is 19.9. The van der Waals surface area contributed by atoms with Crippen molar-refractivity contribution in [2.45, 2.75) is 44.4 Å². The van der Waals surface area contributed by atoms with Crippen LogP contribution in [0.25, 0.3) is 22.2 Å². The van der Waals surface area contributed by atoms with Crippen LogP contribution in [0.15, 0.2) is 54.7 Å². The summed E-state index contributed by atoms with van der Waals surface area (Å²) in [4.78, 5) is 34.9. The van der Waals surface area contributed by atoms with Crippen molar-refractivity contribution in [3.05, 3.63) is 76.6 Å². The number of hydrogen-bond acceptors (Lipinski definition) is 7. The van der Waals surface area contributed by atoms with Gasteiger partial charge in [-0.15, -0.1) is 5.10 Å². The van der Waals surface area contributed by atoms with Gasteiger partial charge in [-0.1, -0.05) is 47.1 Å². The van der Waals surface area contributed by atoms with Crippen LogP contribution >= 0.6 is 11.6 Å². The number of hydrogen-bond donors (Lipinski definition) is 2. The number of carbonyl (C=O) groups is 2. The smallest absolute Gasteiger partial charge is 0.276 e. The molecule has 11 heteroatoms. The fraction of sp³-hybridized carbons (Fsp3) is 0.367. The number of amides is 2. The molecule has 2 aromatic carbocycles. The molecular formula is C30H32ClN7O3.